The molecule has 1 saturated heterocycles. The van der Waals surface area contributed by atoms with Gasteiger partial charge in [-0.25, -0.2) is 0 Å². The number of pyridine rings is 1. The van der Waals surface area contributed by atoms with Gasteiger partial charge in [0, 0.05) is 42.3 Å². The molecule has 2 aromatic heterocycles. The van der Waals surface area contributed by atoms with Crippen molar-refractivity contribution in [1.82, 2.24) is 14.9 Å². The van der Waals surface area contributed by atoms with Crippen molar-refractivity contribution in [2.45, 2.75) is 19.0 Å². The third kappa shape index (κ3) is 5.25. The van der Waals surface area contributed by atoms with Gasteiger partial charge in [-0.2, -0.15) is 0 Å². The predicted octanol–water partition coefficient (Wildman–Crippen LogP) is 5.03. The Balaban J connectivity index is 1.53. The summed E-state index contributed by atoms with van der Waals surface area (Å²) < 4.78 is 12.7. The number of ether oxygens (including phenoxy) is 2. The van der Waals surface area contributed by atoms with Gasteiger partial charge in [0.05, 0.1) is 18.3 Å². The Morgan fingerprint density at radius 2 is 1.79 bits per heavy atom. The summed E-state index contributed by atoms with van der Waals surface area (Å²) >= 11 is 5.87. The number of benzene rings is 2. The van der Waals surface area contributed by atoms with Crippen LogP contribution in [0.25, 0.3) is 5.69 Å². The first kappa shape index (κ1) is 25.4. The molecule has 0 saturated carbocycles. The lowest BCUT2D eigenvalue weighted by atomic mass is 10.0. The van der Waals surface area contributed by atoms with Crippen LogP contribution >= 0.6 is 12.2 Å². The van der Waals surface area contributed by atoms with Gasteiger partial charge in [0.15, 0.2) is 5.11 Å². The zero-order chi connectivity index (χ0) is 26.5. The second-order valence-electron chi connectivity index (χ2n) is 8.75. The van der Waals surface area contributed by atoms with E-state index in [2.05, 4.69) is 37.3 Å². The summed E-state index contributed by atoms with van der Waals surface area (Å²) in [6.45, 7) is 2.59. The van der Waals surface area contributed by atoms with Crippen LogP contribution in [0.2, 0.25) is 0 Å². The minimum Gasteiger partial charge on any atom is -0.494 e. The van der Waals surface area contributed by atoms with E-state index in [-0.39, 0.29) is 24.6 Å². The summed E-state index contributed by atoms with van der Waals surface area (Å²) in [5, 5.41) is 6.93. The van der Waals surface area contributed by atoms with Crippen LogP contribution in [0, 0.1) is 0 Å². The molecule has 0 unspecified atom stereocenters. The molecule has 4 aromatic rings. The highest BCUT2D eigenvalue weighted by atomic mass is 32.1. The standard InChI is InChI=1S/C29H29N5O3S/c1-3-37-23-15-13-21(14-16-23)33-18-6-8-25(33)28-27(24-7-4-5-17-30-24)32-29(38)34(28)22-11-9-20(10-12-22)31-26(35)19-36-2/h4-18,27-28H,3,19H2,1-2H3,(H,31,35)(H,32,38)/t27-,28+/m1/s1. The van der Waals surface area contributed by atoms with Crippen LogP contribution in [0.15, 0.2) is 91.3 Å². The van der Waals surface area contributed by atoms with Crippen LogP contribution in [0.1, 0.15) is 30.4 Å². The van der Waals surface area contributed by atoms with Crippen LogP contribution in [0.5, 0.6) is 5.75 Å². The Morgan fingerprint density at radius 3 is 2.47 bits per heavy atom. The van der Waals surface area contributed by atoms with Crippen LogP contribution in [0.3, 0.4) is 0 Å². The molecule has 1 fully saturated rings. The molecule has 2 aromatic carbocycles. The summed E-state index contributed by atoms with van der Waals surface area (Å²) in [4.78, 5) is 18.7. The quantitative estimate of drug-likeness (QED) is 0.296. The van der Waals surface area contributed by atoms with Crippen molar-refractivity contribution in [3.05, 3.63) is 103 Å². The Morgan fingerprint density at radius 1 is 1.03 bits per heavy atom. The SMILES string of the molecule is CCOc1ccc(-n2cccc2[C@H]2[C@@H](c3ccccn3)NC(=S)N2c2ccc(NC(=O)COC)cc2)cc1. The molecule has 8 nitrogen and oxygen atoms in total. The zero-order valence-corrected chi connectivity index (χ0v) is 22.0. The van der Waals surface area contributed by atoms with Gasteiger partial charge in [-0.15, -0.1) is 0 Å². The Bertz CT molecular complexity index is 1390. The highest BCUT2D eigenvalue weighted by Crippen LogP contribution is 2.42. The number of nitrogens with one attached hydrogen (secondary N) is 2. The van der Waals surface area contributed by atoms with Gasteiger partial charge in [0.1, 0.15) is 18.4 Å². The fourth-order valence-corrected chi connectivity index (χ4v) is 5.05. The lowest BCUT2D eigenvalue weighted by molar-refractivity contribution is -0.119. The van der Waals surface area contributed by atoms with E-state index in [1.54, 1.807) is 6.20 Å². The number of methoxy groups -OCH3 is 1. The molecule has 3 heterocycles. The average molecular weight is 528 g/mol. The molecular weight excluding hydrogens is 498 g/mol. The van der Waals surface area contributed by atoms with E-state index in [0.29, 0.717) is 17.4 Å². The van der Waals surface area contributed by atoms with Crippen molar-refractivity contribution in [1.29, 1.82) is 0 Å². The number of amides is 1. The predicted molar refractivity (Wildman–Crippen MR) is 152 cm³/mol. The average Bonchev–Trinajstić information content (AvgIpc) is 3.55. The number of carbonyl (C=O) groups excluding carboxylic acids is 1. The molecule has 0 aliphatic carbocycles. The molecule has 2 atom stereocenters. The fraction of sp³-hybridized carbons (Fsp3) is 0.207. The van der Waals surface area contributed by atoms with Crippen molar-refractivity contribution < 1.29 is 14.3 Å². The highest BCUT2D eigenvalue weighted by molar-refractivity contribution is 7.80. The van der Waals surface area contributed by atoms with Crippen LogP contribution in [-0.4, -0.2) is 40.9 Å². The van der Waals surface area contributed by atoms with Gasteiger partial charge in [-0.1, -0.05) is 6.07 Å². The monoisotopic (exact) mass is 527 g/mol. The largest absolute Gasteiger partial charge is 0.494 e. The fourth-order valence-electron chi connectivity index (χ4n) is 4.71. The van der Waals surface area contributed by atoms with E-state index < -0.39 is 0 Å². The molecule has 194 valence electrons. The summed E-state index contributed by atoms with van der Waals surface area (Å²) in [6.07, 6.45) is 3.84. The molecule has 1 aliphatic rings. The third-order valence-corrected chi connectivity index (χ3v) is 6.63. The van der Waals surface area contributed by atoms with Crippen LogP contribution in [0.4, 0.5) is 11.4 Å². The number of carbonyl (C=O) groups is 1. The molecular formula is C29H29N5O3S. The molecule has 9 heteroatoms. The van der Waals surface area contributed by atoms with Gasteiger partial charge in [-0.05, 0) is 91.9 Å². The summed E-state index contributed by atoms with van der Waals surface area (Å²) in [6, 6.07) is 25.4. The van der Waals surface area contributed by atoms with Gasteiger partial charge in [0.2, 0.25) is 5.91 Å². The Hall–Kier alpha value is -4.21. The maximum atomic E-state index is 11.9. The van der Waals surface area contributed by atoms with Crippen LogP contribution in [-0.2, 0) is 9.53 Å². The number of aromatic nitrogens is 2. The van der Waals surface area contributed by atoms with Gasteiger partial charge >= 0.3 is 0 Å². The van der Waals surface area contributed by atoms with Gasteiger partial charge in [-0.3, -0.25) is 9.78 Å². The number of anilines is 2. The minimum absolute atomic E-state index is 0.00174. The maximum absolute atomic E-state index is 11.9. The van der Waals surface area contributed by atoms with Crippen molar-refractivity contribution in [2.75, 3.05) is 30.5 Å². The maximum Gasteiger partial charge on any atom is 0.250 e. The van der Waals surface area contributed by atoms with Crippen LogP contribution < -0.4 is 20.3 Å². The first-order chi connectivity index (χ1) is 18.6. The lowest BCUT2D eigenvalue weighted by Crippen LogP contribution is -2.30. The number of thiocarbonyl (C=S) groups is 1. The molecule has 0 radical (unpaired) electrons. The molecule has 0 spiro atoms. The number of nitrogens with zero attached hydrogens (tertiary/aromatic N) is 3. The number of hydrogen-bond acceptors (Lipinski definition) is 5. The van der Waals surface area contributed by atoms with E-state index in [9.17, 15) is 4.79 Å². The van der Waals surface area contributed by atoms with E-state index in [0.717, 1.165) is 28.5 Å². The molecule has 2 N–H and O–H groups in total. The van der Waals surface area contributed by atoms with Crippen molar-refractivity contribution in [3.8, 4) is 11.4 Å². The van der Waals surface area contributed by atoms with Crippen molar-refractivity contribution >= 4 is 34.6 Å². The first-order valence-corrected chi connectivity index (χ1v) is 12.8. The van der Waals surface area contributed by atoms with Gasteiger partial charge < -0.3 is 29.6 Å². The van der Waals surface area contributed by atoms with E-state index in [1.807, 2.05) is 79.7 Å². The van der Waals surface area contributed by atoms with E-state index in [4.69, 9.17) is 21.7 Å². The van der Waals surface area contributed by atoms with Gasteiger partial charge in [0.25, 0.3) is 0 Å². The van der Waals surface area contributed by atoms with E-state index in [1.165, 1.54) is 7.11 Å². The normalized spacial score (nSPS) is 16.8. The number of hydrogen-bond donors (Lipinski definition) is 2. The van der Waals surface area contributed by atoms with E-state index >= 15 is 0 Å². The zero-order valence-electron chi connectivity index (χ0n) is 21.2. The topological polar surface area (TPSA) is 80.7 Å². The minimum atomic E-state index is -0.208. The highest BCUT2D eigenvalue weighted by Gasteiger charge is 2.42. The molecule has 0 bridgehead atoms. The van der Waals surface area contributed by atoms with Crippen molar-refractivity contribution in [3.63, 3.8) is 0 Å². The first-order valence-electron chi connectivity index (χ1n) is 12.4. The summed E-state index contributed by atoms with van der Waals surface area (Å²) in [5.74, 6) is 0.624. The molecule has 1 amide bonds. The summed E-state index contributed by atoms with van der Waals surface area (Å²) in [5.41, 5.74) is 4.54. The molecule has 38 heavy (non-hydrogen) atoms. The second kappa shape index (κ2) is 11.5. The smallest absolute Gasteiger partial charge is 0.250 e. The molecule has 5 rings (SSSR count). The van der Waals surface area contributed by atoms with Crippen molar-refractivity contribution in [2.24, 2.45) is 0 Å². The third-order valence-electron chi connectivity index (χ3n) is 6.31. The Kier molecular flexibility index (Phi) is 7.67. The number of rotatable bonds is 9. The molecule has 1 aliphatic heterocycles. The second-order valence-corrected chi connectivity index (χ2v) is 9.14. The summed E-state index contributed by atoms with van der Waals surface area (Å²) in [7, 11) is 1.49. The lowest BCUT2D eigenvalue weighted by Gasteiger charge is -2.29. The Labute approximate surface area is 227 Å².